The maximum Gasteiger partial charge on any atom is 0.404 e. The summed E-state index contributed by atoms with van der Waals surface area (Å²) in [5.41, 5.74) is 6.03. The lowest BCUT2D eigenvalue weighted by atomic mass is 10.0. The molecule has 0 radical (unpaired) electrons. The molecule has 12 heteroatoms. The fourth-order valence-corrected chi connectivity index (χ4v) is 5.28. The van der Waals surface area contributed by atoms with Crippen LogP contribution in [0.4, 0.5) is 10.5 Å². The highest BCUT2D eigenvalue weighted by Gasteiger charge is 2.32. The Kier molecular flexibility index (Phi) is 8.57. The van der Waals surface area contributed by atoms with Crippen LogP contribution >= 0.6 is 22.9 Å². The molecule has 2 amide bonds. The number of nitrogens with one attached hydrogen (secondary N) is 1. The molecular weight excluding hydrogens is 576 g/mol. The molecule has 0 fully saturated rings. The van der Waals surface area contributed by atoms with Crippen LogP contribution in [0.25, 0.3) is 10.1 Å². The predicted octanol–water partition coefficient (Wildman–Crippen LogP) is 6.35. The summed E-state index contributed by atoms with van der Waals surface area (Å²) in [6, 6.07) is 18.8. The molecule has 3 N–H and O–H groups in total. The van der Waals surface area contributed by atoms with Gasteiger partial charge in [-0.3, -0.25) is 4.79 Å². The van der Waals surface area contributed by atoms with Crippen LogP contribution in [0.2, 0.25) is 5.02 Å². The third kappa shape index (κ3) is 7.04. The number of amides is 2. The highest BCUT2D eigenvalue weighted by atomic mass is 35.5. The van der Waals surface area contributed by atoms with E-state index in [4.69, 9.17) is 31.5 Å². The van der Waals surface area contributed by atoms with Gasteiger partial charge in [0.05, 0.1) is 9.62 Å². The van der Waals surface area contributed by atoms with Crippen molar-refractivity contribution in [3.63, 3.8) is 0 Å². The molecule has 1 heterocycles. The molecule has 0 atom stereocenters. The van der Waals surface area contributed by atoms with Crippen molar-refractivity contribution in [2.75, 3.05) is 24.8 Å². The molecule has 0 bridgehead atoms. The molecule has 0 aliphatic rings. The smallest absolute Gasteiger partial charge is 0.404 e. The summed E-state index contributed by atoms with van der Waals surface area (Å²) >= 11 is 7.25. The fraction of sp³-hybridized carbons (Fsp3) is 0.214. The van der Waals surface area contributed by atoms with E-state index in [0.717, 1.165) is 10.1 Å². The average Bonchev–Trinajstić information content (AvgIpc) is 3.31. The Morgan fingerprint density at radius 1 is 0.950 bits per heavy atom. The fourth-order valence-electron chi connectivity index (χ4n) is 3.66. The molecule has 40 heavy (non-hydrogen) atoms. The number of hydrogen-bond acceptors (Lipinski definition) is 8. The third-order valence-electron chi connectivity index (χ3n) is 6.15. The molecule has 3 aromatic carbocycles. The van der Waals surface area contributed by atoms with Crippen molar-refractivity contribution in [3.8, 4) is 17.2 Å². The van der Waals surface area contributed by atoms with E-state index in [0.29, 0.717) is 38.4 Å². The number of benzene rings is 3. The van der Waals surface area contributed by atoms with Gasteiger partial charge in [0.15, 0.2) is 9.84 Å². The lowest BCUT2D eigenvalue weighted by Gasteiger charge is -2.23. The number of primary amides is 1. The Morgan fingerprint density at radius 2 is 1.65 bits per heavy atom. The summed E-state index contributed by atoms with van der Waals surface area (Å²) in [4.78, 5) is 24.5. The van der Waals surface area contributed by atoms with Crippen LogP contribution in [0.5, 0.6) is 17.2 Å². The normalized spacial score (nSPS) is 11.7. The second-order valence-corrected chi connectivity index (χ2v) is 13.5. The molecule has 0 spiro atoms. The number of nitrogens with two attached hydrogens (primary N) is 1. The number of fused-ring (bicyclic) bond motifs is 1. The molecular formula is C28H27ClN2O7S2. The first kappa shape index (κ1) is 29.2. The van der Waals surface area contributed by atoms with Crippen molar-refractivity contribution < 1.29 is 32.2 Å². The Hall–Kier alpha value is -3.80. The number of halogens is 1. The molecule has 0 saturated carbocycles. The average molecular weight is 603 g/mol. The second-order valence-electron chi connectivity index (χ2n) is 9.36. The molecule has 0 saturated heterocycles. The predicted molar refractivity (Wildman–Crippen MR) is 157 cm³/mol. The van der Waals surface area contributed by atoms with Gasteiger partial charge in [0, 0.05) is 39.9 Å². The SMILES string of the molecule is CC(C)(c1ccc2sc(C(=O)Nc3cc(OCCOC(N)=O)cc(Oc4ccc(Cl)cc4)c3)cc2c1)S(C)(=O)=O. The molecule has 0 aliphatic carbocycles. The zero-order chi connectivity index (χ0) is 29.1. The van der Waals surface area contributed by atoms with Gasteiger partial charge < -0.3 is 25.3 Å². The standard InChI is InChI=1S/C28H27ClN2O7S2/c1-28(2,40(3,34)35)18-4-9-24-17(12-18)13-25(39-24)26(32)31-20-14-22(36-10-11-37-27(30)33)16-23(15-20)38-21-7-5-19(29)6-8-21/h4-9,12-16H,10-11H2,1-3H3,(H2,30,33)(H,31,32). The topological polar surface area (TPSA) is 134 Å². The van der Waals surface area contributed by atoms with Crippen molar-refractivity contribution in [1.29, 1.82) is 0 Å². The van der Waals surface area contributed by atoms with Gasteiger partial charge in [-0.05, 0) is 67.3 Å². The number of carbonyl (C=O) groups is 2. The summed E-state index contributed by atoms with van der Waals surface area (Å²) in [5.74, 6) is 0.902. The minimum Gasteiger partial charge on any atom is -0.490 e. The zero-order valence-electron chi connectivity index (χ0n) is 21.9. The maximum absolute atomic E-state index is 13.2. The van der Waals surface area contributed by atoms with Crippen molar-refractivity contribution in [2.24, 2.45) is 5.73 Å². The number of hydrogen-bond donors (Lipinski definition) is 2. The number of rotatable bonds is 10. The zero-order valence-corrected chi connectivity index (χ0v) is 24.3. The van der Waals surface area contributed by atoms with E-state index in [1.54, 1.807) is 74.5 Å². The quantitative estimate of drug-likeness (QED) is 0.202. The van der Waals surface area contributed by atoms with Crippen molar-refractivity contribution >= 4 is 60.5 Å². The number of thiophene rings is 1. The summed E-state index contributed by atoms with van der Waals surface area (Å²) in [5, 5.41) is 4.19. The maximum atomic E-state index is 13.2. The first-order chi connectivity index (χ1) is 18.8. The number of sulfone groups is 1. The molecule has 4 aromatic rings. The molecule has 4 rings (SSSR count). The van der Waals surface area contributed by atoms with Gasteiger partial charge in [0.2, 0.25) is 0 Å². The molecule has 0 unspecified atom stereocenters. The van der Waals surface area contributed by atoms with E-state index >= 15 is 0 Å². The number of carbonyl (C=O) groups excluding carboxylic acids is 2. The summed E-state index contributed by atoms with van der Waals surface area (Å²) in [7, 11) is -3.36. The summed E-state index contributed by atoms with van der Waals surface area (Å²) in [6.45, 7) is 3.28. The third-order valence-corrected chi connectivity index (χ3v) is 9.60. The monoisotopic (exact) mass is 602 g/mol. The lowest BCUT2D eigenvalue weighted by Crippen LogP contribution is -2.27. The van der Waals surface area contributed by atoms with Gasteiger partial charge in [-0.15, -0.1) is 11.3 Å². The Bertz CT molecular complexity index is 1670. The first-order valence-electron chi connectivity index (χ1n) is 12.0. The van der Waals surface area contributed by atoms with E-state index in [2.05, 4.69) is 5.32 Å². The number of anilines is 1. The summed E-state index contributed by atoms with van der Waals surface area (Å²) in [6.07, 6.45) is 0.295. The van der Waals surface area contributed by atoms with E-state index in [1.807, 2.05) is 6.07 Å². The number of ether oxygens (including phenoxy) is 3. The van der Waals surface area contributed by atoms with Crippen LogP contribution in [0.1, 0.15) is 29.1 Å². The van der Waals surface area contributed by atoms with Crippen LogP contribution in [-0.4, -0.2) is 39.9 Å². The Morgan fingerprint density at radius 3 is 2.33 bits per heavy atom. The Labute approximate surface area is 240 Å². The highest BCUT2D eigenvalue weighted by molar-refractivity contribution is 7.91. The van der Waals surface area contributed by atoms with Crippen LogP contribution in [-0.2, 0) is 19.3 Å². The second kappa shape index (κ2) is 11.7. The molecule has 1 aromatic heterocycles. The van der Waals surface area contributed by atoms with Crippen molar-refractivity contribution in [3.05, 3.63) is 82.2 Å². The van der Waals surface area contributed by atoms with Gasteiger partial charge in [0.1, 0.15) is 30.5 Å². The van der Waals surface area contributed by atoms with E-state index in [9.17, 15) is 18.0 Å². The molecule has 9 nitrogen and oxygen atoms in total. The van der Waals surface area contributed by atoms with Crippen LogP contribution < -0.4 is 20.5 Å². The Balaban J connectivity index is 1.58. The van der Waals surface area contributed by atoms with Gasteiger partial charge >= 0.3 is 6.09 Å². The van der Waals surface area contributed by atoms with Crippen molar-refractivity contribution in [1.82, 2.24) is 0 Å². The molecule has 210 valence electrons. The van der Waals surface area contributed by atoms with Gasteiger partial charge in [-0.2, -0.15) is 0 Å². The highest BCUT2D eigenvalue weighted by Crippen LogP contribution is 2.35. The van der Waals surface area contributed by atoms with Gasteiger partial charge in [-0.25, -0.2) is 13.2 Å². The largest absolute Gasteiger partial charge is 0.490 e. The van der Waals surface area contributed by atoms with Crippen LogP contribution in [0.15, 0.2) is 66.7 Å². The van der Waals surface area contributed by atoms with E-state index in [-0.39, 0.29) is 19.1 Å². The van der Waals surface area contributed by atoms with Crippen LogP contribution in [0.3, 0.4) is 0 Å². The van der Waals surface area contributed by atoms with E-state index < -0.39 is 20.7 Å². The first-order valence-corrected chi connectivity index (χ1v) is 15.1. The van der Waals surface area contributed by atoms with E-state index in [1.165, 1.54) is 17.6 Å². The summed E-state index contributed by atoms with van der Waals surface area (Å²) < 4.78 is 40.6. The minimum absolute atomic E-state index is 0.0310. The minimum atomic E-state index is -3.36. The van der Waals surface area contributed by atoms with Gasteiger partial charge in [-0.1, -0.05) is 17.7 Å². The van der Waals surface area contributed by atoms with Crippen molar-refractivity contribution in [2.45, 2.75) is 18.6 Å². The lowest BCUT2D eigenvalue weighted by molar-refractivity contribution is 0.103. The van der Waals surface area contributed by atoms with Gasteiger partial charge in [0.25, 0.3) is 5.91 Å². The van der Waals surface area contributed by atoms with Crippen LogP contribution in [0, 0.1) is 0 Å². The molecule has 0 aliphatic heterocycles.